The summed E-state index contributed by atoms with van der Waals surface area (Å²) in [4.78, 5) is 11.9. The Morgan fingerprint density at radius 3 is 1.57 bits per heavy atom. The summed E-state index contributed by atoms with van der Waals surface area (Å²) in [5.74, 6) is 0. The molecule has 0 spiro atoms. The number of phosphoric acid groups is 1. The van der Waals surface area contributed by atoms with E-state index in [4.69, 9.17) is 18.5 Å². The Hall–Kier alpha value is 0.588. The van der Waals surface area contributed by atoms with Crippen LogP contribution in [0.5, 0.6) is 0 Å². The van der Waals surface area contributed by atoms with Gasteiger partial charge in [0, 0.05) is 0 Å². The van der Waals surface area contributed by atoms with Crippen molar-refractivity contribution in [3.05, 3.63) is 0 Å². The van der Waals surface area contributed by atoms with E-state index in [-0.39, 0.29) is 13.2 Å². The van der Waals surface area contributed by atoms with Crippen molar-refractivity contribution in [2.75, 3.05) is 33.5 Å². The van der Waals surface area contributed by atoms with E-state index in [0.717, 1.165) is 11.6 Å². The van der Waals surface area contributed by atoms with Gasteiger partial charge in [-0.1, -0.05) is 96.8 Å². The number of hydrogen-bond acceptors (Lipinski definition) is 6. The quantitative estimate of drug-likeness (QED) is 0.0551. The molecule has 2 atom stereocenters. The van der Waals surface area contributed by atoms with Gasteiger partial charge >= 0.3 is 124 Å². The first kappa shape index (κ1) is 35.6. The van der Waals surface area contributed by atoms with Crippen molar-refractivity contribution in [3.63, 3.8) is 0 Å². The topological polar surface area (TPSA) is 77.1 Å². The molecule has 0 bridgehead atoms. The number of hydrogen-bond donors (Lipinski definition) is 0. The second-order valence-electron chi connectivity index (χ2n) is 10.8. The number of rotatable bonds is 27. The number of methoxy groups -OCH3 is 1. The minimum atomic E-state index is -4.28. The van der Waals surface area contributed by atoms with E-state index in [1.807, 2.05) is 0 Å². The molecule has 0 rings (SSSR count). The summed E-state index contributed by atoms with van der Waals surface area (Å²) >= 11 is -1.67. The summed E-state index contributed by atoms with van der Waals surface area (Å²) in [5.41, 5.74) is 6.61. The summed E-state index contributed by atoms with van der Waals surface area (Å²) in [6.07, 6.45) is 21.1. The van der Waals surface area contributed by atoms with Gasteiger partial charge in [0.25, 0.3) is 0 Å². The van der Waals surface area contributed by atoms with Crippen LogP contribution in [0.2, 0.25) is 22.3 Å². The summed E-state index contributed by atoms with van der Waals surface area (Å²) in [5, 5.41) is 0.809. The molecule has 0 saturated heterocycles. The fourth-order valence-corrected chi connectivity index (χ4v) is 6.18. The molecule has 0 aliphatic heterocycles. The zero-order chi connectivity index (χ0) is 26.3. The van der Waals surface area contributed by atoms with Crippen molar-refractivity contribution in [2.45, 2.75) is 138 Å². The molecule has 0 aromatic rings. The first-order valence-corrected chi connectivity index (χ1v) is 22.6. The molecule has 0 heterocycles. The molecule has 0 aromatic heterocycles. The van der Waals surface area contributed by atoms with Crippen LogP contribution in [0.4, 0.5) is 0 Å². The third-order valence-corrected chi connectivity index (χ3v) is 10.4. The van der Waals surface area contributed by atoms with Crippen LogP contribution >= 0.6 is 7.82 Å². The molecule has 35 heavy (non-hydrogen) atoms. The molecule has 0 fully saturated rings. The van der Waals surface area contributed by atoms with Gasteiger partial charge in [-0.2, -0.15) is 0 Å². The Balaban J connectivity index is 3.49. The molecule has 0 saturated carbocycles. The average Bonchev–Trinajstić information content (AvgIpc) is 2.79. The maximum absolute atomic E-state index is 11.9. The average molecular weight is 585 g/mol. The van der Waals surface area contributed by atoms with E-state index in [0.29, 0.717) is 13.2 Å². The SMILES string of the molecule is CCCCCCCCCCCCCCCCCCOCC(COP(=O)([O-])OCC[As+](C)(C)C)OC. The van der Waals surface area contributed by atoms with E-state index in [9.17, 15) is 9.46 Å². The van der Waals surface area contributed by atoms with Crippen molar-refractivity contribution in [1.82, 2.24) is 0 Å². The molecule has 0 N–H and O–H groups in total. The molecule has 0 radical (unpaired) electrons. The zero-order valence-corrected chi connectivity index (χ0v) is 26.5. The molecular weight excluding hydrogens is 526 g/mol. The predicted octanol–water partition coefficient (Wildman–Crippen LogP) is 8.12. The van der Waals surface area contributed by atoms with Crippen molar-refractivity contribution in [3.8, 4) is 0 Å². The molecule has 2 unspecified atom stereocenters. The summed E-state index contributed by atoms with van der Waals surface area (Å²) in [7, 11) is -2.75. The van der Waals surface area contributed by atoms with E-state index in [1.165, 1.54) is 103 Å². The molecule has 0 amide bonds. The Bertz CT molecular complexity index is 501. The number of unbranched alkanes of at least 4 members (excludes halogenated alkanes) is 15. The molecule has 212 valence electrons. The number of phosphoric ester groups is 1. The Morgan fingerprint density at radius 1 is 0.686 bits per heavy atom. The van der Waals surface area contributed by atoms with Crippen molar-refractivity contribution in [2.24, 2.45) is 0 Å². The summed E-state index contributed by atoms with van der Waals surface area (Å²) < 4.78 is 32.8. The second kappa shape index (κ2) is 23.7. The van der Waals surface area contributed by atoms with Gasteiger partial charge in [-0.15, -0.1) is 0 Å². The maximum atomic E-state index is 11.9. The standard InChI is InChI=1S/C27H58AsO6P/c1-6-7-8-9-10-11-12-13-14-15-16-17-18-19-20-21-23-32-25-27(31-5)26-34-35(29,30)33-24-22-28(2,3)4/h27H,6-26H2,1-5H3. The van der Waals surface area contributed by atoms with Gasteiger partial charge in [-0.3, -0.25) is 0 Å². The van der Waals surface area contributed by atoms with Gasteiger partial charge in [-0.25, -0.2) is 0 Å². The number of ether oxygens (including phenoxy) is 2. The van der Waals surface area contributed by atoms with E-state index < -0.39 is 27.5 Å². The van der Waals surface area contributed by atoms with E-state index >= 15 is 0 Å². The summed E-state index contributed by atoms with van der Waals surface area (Å²) in [6, 6.07) is 0. The molecule has 0 aliphatic rings. The first-order valence-electron chi connectivity index (χ1n) is 14.2. The van der Waals surface area contributed by atoms with Gasteiger partial charge in [0.05, 0.1) is 0 Å². The predicted molar refractivity (Wildman–Crippen MR) is 149 cm³/mol. The van der Waals surface area contributed by atoms with Crippen LogP contribution in [0.15, 0.2) is 0 Å². The molecule has 8 heteroatoms. The van der Waals surface area contributed by atoms with Crippen LogP contribution < -0.4 is 4.89 Å². The van der Waals surface area contributed by atoms with Crippen molar-refractivity contribution in [1.29, 1.82) is 0 Å². The molecular formula is C27H58AsO6P. The Labute approximate surface area is 220 Å². The van der Waals surface area contributed by atoms with E-state index in [2.05, 4.69) is 24.1 Å². The molecule has 0 aliphatic carbocycles. The van der Waals surface area contributed by atoms with Crippen molar-refractivity contribution >= 4 is 21.4 Å². The normalized spacial score (nSPS) is 14.8. The fraction of sp³-hybridized carbons (Fsp3) is 1.00. The Morgan fingerprint density at radius 2 is 1.14 bits per heavy atom. The van der Waals surface area contributed by atoms with Gasteiger partial charge in [-0.05, 0) is 0 Å². The van der Waals surface area contributed by atoms with Crippen LogP contribution in [-0.4, -0.2) is 53.2 Å². The van der Waals surface area contributed by atoms with Gasteiger partial charge < -0.3 is 0 Å². The first-order chi connectivity index (χ1) is 16.7. The van der Waals surface area contributed by atoms with Crippen molar-refractivity contribution < 1.29 is 28.0 Å². The van der Waals surface area contributed by atoms with Gasteiger partial charge in [0.2, 0.25) is 0 Å². The van der Waals surface area contributed by atoms with E-state index in [1.54, 1.807) is 0 Å². The van der Waals surface area contributed by atoms with Crippen LogP contribution in [0.25, 0.3) is 0 Å². The Kier molecular flexibility index (Phi) is 24.1. The monoisotopic (exact) mass is 584 g/mol. The summed E-state index contributed by atoms with van der Waals surface area (Å²) in [6.45, 7) is 3.39. The van der Waals surface area contributed by atoms with Crippen LogP contribution in [0.3, 0.4) is 0 Å². The van der Waals surface area contributed by atoms with Crippen LogP contribution in [0.1, 0.15) is 110 Å². The zero-order valence-electron chi connectivity index (χ0n) is 23.8. The second-order valence-corrected chi connectivity index (χ2v) is 22.8. The fourth-order valence-electron chi connectivity index (χ4n) is 3.79. The third kappa shape index (κ3) is 27.4. The molecule has 0 aromatic carbocycles. The van der Waals surface area contributed by atoms with Gasteiger partial charge in [0.15, 0.2) is 0 Å². The minimum absolute atomic E-state index is 0.0775. The van der Waals surface area contributed by atoms with Crippen LogP contribution in [0, 0.1) is 0 Å². The van der Waals surface area contributed by atoms with Crippen LogP contribution in [-0.2, 0) is 23.1 Å². The van der Waals surface area contributed by atoms with Gasteiger partial charge in [0.1, 0.15) is 0 Å². The molecule has 6 nitrogen and oxygen atoms in total. The third-order valence-electron chi connectivity index (χ3n) is 6.21.